The van der Waals surface area contributed by atoms with Crippen molar-refractivity contribution in [3.63, 3.8) is 0 Å². The Labute approximate surface area is 215 Å². The summed E-state index contributed by atoms with van der Waals surface area (Å²) < 4.78 is 0. The summed E-state index contributed by atoms with van der Waals surface area (Å²) in [6.45, 7) is 17.5. The Kier molecular flexibility index (Phi) is 24.3. The molecule has 1 aromatic carbocycles. The molecule has 7 heteroatoms. The molecule has 0 saturated carbocycles. The quantitative estimate of drug-likeness (QED) is 0.267. The number of oxime groups is 1. The second kappa shape index (κ2) is 23.1. The van der Waals surface area contributed by atoms with Crippen molar-refractivity contribution in [3.8, 4) is 0 Å². The lowest BCUT2D eigenvalue weighted by molar-refractivity contribution is -0.131. The minimum Gasteiger partial charge on any atom is -0.411 e. The third kappa shape index (κ3) is 27.5. The monoisotopic (exact) mass is 492 g/mol. The summed E-state index contributed by atoms with van der Waals surface area (Å²) in [6.07, 6.45) is 4.98. The molecular weight excluding hydrogens is 440 g/mol. The van der Waals surface area contributed by atoms with E-state index in [1.807, 2.05) is 39.8 Å². The van der Waals surface area contributed by atoms with Crippen molar-refractivity contribution in [3.05, 3.63) is 47.5 Å². The molecule has 1 aromatic rings. The van der Waals surface area contributed by atoms with Crippen LogP contribution in [0.4, 0.5) is 0 Å². The molecule has 0 spiro atoms. The Bertz CT molecular complexity index is 709. The first-order valence-corrected chi connectivity index (χ1v) is 12.3. The average molecular weight is 493 g/mol. The number of carbonyl (C=O) groups is 2. The molecule has 202 valence electrons. The first-order chi connectivity index (χ1) is 16.3. The van der Waals surface area contributed by atoms with Crippen LogP contribution in [-0.2, 0) is 9.59 Å². The van der Waals surface area contributed by atoms with Gasteiger partial charge in [-0.1, -0.05) is 96.5 Å². The highest BCUT2D eigenvalue weighted by Crippen LogP contribution is 2.19. The Hall–Kier alpha value is -2.67. The number of nitrogens with zero attached hydrogens (tertiary/aromatic N) is 2. The second-order valence-corrected chi connectivity index (χ2v) is 9.68. The fraction of sp³-hybridized carbons (Fsp3) is 0.607. The van der Waals surface area contributed by atoms with Gasteiger partial charge in [-0.2, -0.15) is 0 Å². The zero-order valence-corrected chi connectivity index (χ0v) is 24.1. The number of hydrogen-bond donors (Lipinski definition) is 3. The van der Waals surface area contributed by atoms with Crippen LogP contribution in [0.1, 0.15) is 79.7 Å². The van der Waals surface area contributed by atoms with E-state index < -0.39 is 0 Å². The molecule has 0 radical (unpaired) electrons. The van der Waals surface area contributed by atoms with Crippen molar-refractivity contribution in [2.75, 3.05) is 34.2 Å². The van der Waals surface area contributed by atoms with Crippen LogP contribution in [0.15, 0.2) is 47.1 Å². The number of allylic oxidation sites excluding steroid dienone is 1. The third-order valence-electron chi connectivity index (χ3n) is 4.14. The summed E-state index contributed by atoms with van der Waals surface area (Å²) in [5.74, 6) is 0.797. The minimum atomic E-state index is 0.0106. The third-order valence-corrected chi connectivity index (χ3v) is 4.14. The van der Waals surface area contributed by atoms with Gasteiger partial charge < -0.3 is 20.7 Å². The van der Waals surface area contributed by atoms with Crippen LogP contribution >= 0.6 is 0 Å². The van der Waals surface area contributed by atoms with Gasteiger partial charge in [0.15, 0.2) is 0 Å². The van der Waals surface area contributed by atoms with Gasteiger partial charge in [0, 0.05) is 27.1 Å². The number of amides is 2. The summed E-state index contributed by atoms with van der Waals surface area (Å²) in [7, 11) is 5.11. The van der Waals surface area contributed by atoms with Gasteiger partial charge in [0.05, 0.1) is 12.8 Å². The van der Waals surface area contributed by atoms with Gasteiger partial charge in [0.2, 0.25) is 11.8 Å². The van der Waals surface area contributed by atoms with E-state index in [4.69, 9.17) is 5.21 Å². The van der Waals surface area contributed by atoms with Crippen molar-refractivity contribution < 1.29 is 14.8 Å². The van der Waals surface area contributed by atoms with Crippen LogP contribution < -0.4 is 10.6 Å². The van der Waals surface area contributed by atoms with Crippen LogP contribution in [0.5, 0.6) is 0 Å². The van der Waals surface area contributed by atoms with Gasteiger partial charge in [-0.15, -0.1) is 0 Å². The second-order valence-electron chi connectivity index (χ2n) is 9.68. The Morgan fingerprint density at radius 3 is 1.94 bits per heavy atom. The first kappa shape index (κ1) is 36.9. The lowest BCUT2D eigenvalue weighted by atomic mass is 9.92. The zero-order valence-electron chi connectivity index (χ0n) is 24.1. The number of benzene rings is 1. The lowest BCUT2D eigenvalue weighted by Gasteiger charge is -2.22. The Morgan fingerprint density at radius 1 is 1.11 bits per heavy atom. The molecule has 35 heavy (non-hydrogen) atoms. The first-order valence-electron chi connectivity index (χ1n) is 12.3. The Balaban J connectivity index is -0.000000452. The fourth-order valence-corrected chi connectivity index (χ4v) is 2.20. The number of rotatable bonds is 7. The van der Waals surface area contributed by atoms with Crippen LogP contribution in [0.3, 0.4) is 0 Å². The van der Waals surface area contributed by atoms with Gasteiger partial charge in [-0.05, 0) is 36.4 Å². The largest absolute Gasteiger partial charge is 0.411 e. The summed E-state index contributed by atoms with van der Waals surface area (Å²) >= 11 is 0. The molecular formula is C28H52N4O3. The van der Waals surface area contributed by atoms with Crippen LogP contribution in [-0.4, -0.2) is 62.4 Å². The van der Waals surface area contributed by atoms with E-state index in [1.54, 1.807) is 26.0 Å². The number of hydrogen-bond acceptors (Lipinski definition) is 5. The summed E-state index contributed by atoms with van der Waals surface area (Å²) in [5.41, 5.74) is 2.26. The molecule has 0 unspecified atom stereocenters. The maximum absolute atomic E-state index is 11.7. The maximum Gasteiger partial charge on any atom is 0.233 e. The molecule has 0 atom stereocenters. The van der Waals surface area contributed by atoms with Gasteiger partial charge >= 0.3 is 0 Å². The highest BCUT2D eigenvalue weighted by atomic mass is 16.4. The molecule has 1 rings (SSSR count). The molecule has 7 nitrogen and oxygen atoms in total. The van der Waals surface area contributed by atoms with Gasteiger partial charge in [0.1, 0.15) is 0 Å². The predicted molar refractivity (Wildman–Crippen MR) is 150 cm³/mol. The molecule has 0 aliphatic rings. The van der Waals surface area contributed by atoms with Crippen molar-refractivity contribution in [1.29, 1.82) is 0 Å². The molecule has 2 amide bonds. The Morgan fingerprint density at radius 2 is 1.63 bits per heavy atom. The van der Waals surface area contributed by atoms with E-state index in [0.717, 1.165) is 5.57 Å². The van der Waals surface area contributed by atoms with Crippen molar-refractivity contribution in [2.24, 2.45) is 10.6 Å². The van der Waals surface area contributed by atoms with Gasteiger partial charge in [0.25, 0.3) is 0 Å². The van der Waals surface area contributed by atoms with Crippen LogP contribution in [0.2, 0.25) is 0 Å². The predicted octanol–water partition coefficient (Wildman–Crippen LogP) is 5.47. The van der Waals surface area contributed by atoms with E-state index in [9.17, 15) is 9.59 Å². The zero-order chi connectivity index (χ0) is 27.9. The highest BCUT2D eigenvalue weighted by molar-refractivity contribution is 5.78. The summed E-state index contributed by atoms with van der Waals surface area (Å²) in [6, 6.07) is 10.5. The topological polar surface area (TPSA) is 94.0 Å². The number of carbonyl (C=O) groups excluding carboxylic acids is 2. The standard InChI is InChI=1S/C12H22N2O2.C9H12.C4H10N2O.C3H8/c1-10(9-13-16)6-7-14(5)11(15)8-12(2,3)4;1-8(2)9-6-4-3-5-7-9;1-5-3-4(7)6-2;1-3-2/h6,9,16H,7-8H2,1-5H3;3-8H,1-2H3;5H,3H2,1-2H3,(H,6,7);3H2,1-2H3/b10-6+,13-9+;;;. The lowest BCUT2D eigenvalue weighted by Crippen LogP contribution is -2.30. The van der Waals surface area contributed by atoms with Gasteiger partial charge in [-0.3, -0.25) is 9.59 Å². The van der Waals surface area contributed by atoms with Crippen molar-refractivity contribution in [2.45, 2.75) is 74.1 Å². The molecule has 0 saturated heterocycles. The van der Waals surface area contributed by atoms with E-state index in [1.165, 1.54) is 18.2 Å². The minimum absolute atomic E-state index is 0.0106. The SMILES string of the molecule is CC(/C=N/O)=C\CN(C)C(=O)CC(C)(C)C.CC(C)c1ccccc1.CCC.CNCC(=O)NC. The van der Waals surface area contributed by atoms with Crippen LogP contribution in [0, 0.1) is 5.41 Å². The molecule has 0 aromatic heterocycles. The summed E-state index contributed by atoms with van der Waals surface area (Å²) in [4.78, 5) is 23.6. The van der Waals surface area contributed by atoms with Gasteiger partial charge in [-0.25, -0.2) is 0 Å². The smallest absolute Gasteiger partial charge is 0.233 e. The molecule has 0 aliphatic heterocycles. The normalized spacial score (nSPS) is 10.8. The molecule has 0 bridgehead atoms. The molecule has 3 N–H and O–H groups in total. The number of nitrogens with one attached hydrogen (secondary N) is 2. The molecule has 0 heterocycles. The number of likely N-dealkylation sites (N-methyl/N-ethyl adjacent to an activating group) is 3. The van der Waals surface area contributed by atoms with Crippen molar-refractivity contribution >= 4 is 18.0 Å². The summed E-state index contributed by atoms with van der Waals surface area (Å²) in [5, 5.41) is 16.4. The van der Waals surface area contributed by atoms with E-state index in [2.05, 4.69) is 67.7 Å². The van der Waals surface area contributed by atoms with E-state index in [0.29, 0.717) is 25.4 Å². The van der Waals surface area contributed by atoms with E-state index in [-0.39, 0.29) is 17.2 Å². The molecule has 0 fully saturated rings. The van der Waals surface area contributed by atoms with Crippen molar-refractivity contribution in [1.82, 2.24) is 15.5 Å². The average Bonchev–Trinajstić information content (AvgIpc) is 2.78. The highest BCUT2D eigenvalue weighted by Gasteiger charge is 2.18. The maximum atomic E-state index is 11.7. The fourth-order valence-electron chi connectivity index (χ4n) is 2.20. The van der Waals surface area contributed by atoms with E-state index >= 15 is 0 Å². The molecule has 0 aliphatic carbocycles. The van der Waals surface area contributed by atoms with Crippen LogP contribution in [0.25, 0.3) is 0 Å².